The summed E-state index contributed by atoms with van der Waals surface area (Å²) in [6, 6.07) is 1.68. The van der Waals surface area contributed by atoms with Crippen LogP contribution >= 0.6 is 0 Å². The van der Waals surface area contributed by atoms with Crippen molar-refractivity contribution in [2.24, 2.45) is 0 Å². The van der Waals surface area contributed by atoms with E-state index in [4.69, 9.17) is 4.42 Å². The summed E-state index contributed by atoms with van der Waals surface area (Å²) in [5.74, 6) is 0.557. The monoisotopic (exact) mass is 276 g/mol. The SMILES string of the molecule is CCc1occc1C(=O)N1CC[C@@](O)(c2cn[nH]n2)C1. The second-order valence-electron chi connectivity index (χ2n) is 4.97. The maximum atomic E-state index is 12.5. The molecule has 1 atom stereocenters. The summed E-state index contributed by atoms with van der Waals surface area (Å²) in [5, 5.41) is 20.7. The highest BCUT2D eigenvalue weighted by molar-refractivity contribution is 5.95. The van der Waals surface area contributed by atoms with Crippen LogP contribution in [0.15, 0.2) is 22.9 Å². The van der Waals surface area contributed by atoms with Crippen LogP contribution in [0.2, 0.25) is 0 Å². The van der Waals surface area contributed by atoms with Gasteiger partial charge in [-0.1, -0.05) is 6.92 Å². The summed E-state index contributed by atoms with van der Waals surface area (Å²) < 4.78 is 5.28. The third kappa shape index (κ3) is 2.00. The minimum absolute atomic E-state index is 0.116. The molecule has 0 radical (unpaired) electrons. The highest BCUT2D eigenvalue weighted by Gasteiger charge is 2.42. The molecule has 1 fully saturated rings. The van der Waals surface area contributed by atoms with E-state index in [2.05, 4.69) is 15.4 Å². The molecule has 3 rings (SSSR count). The van der Waals surface area contributed by atoms with Gasteiger partial charge < -0.3 is 14.4 Å². The minimum atomic E-state index is -1.13. The van der Waals surface area contributed by atoms with Crippen molar-refractivity contribution in [1.82, 2.24) is 20.3 Å². The Morgan fingerprint density at radius 2 is 2.50 bits per heavy atom. The first-order valence-electron chi connectivity index (χ1n) is 6.58. The molecule has 3 heterocycles. The van der Waals surface area contributed by atoms with Crippen LogP contribution in [0.5, 0.6) is 0 Å². The van der Waals surface area contributed by atoms with Gasteiger partial charge in [-0.05, 0) is 6.07 Å². The fourth-order valence-electron chi connectivity index (χ4n) is 2.58. The number of H-pyrrole nitrogens is 1. The molecule has 1 aliphatic rings. The number of rotatable bonds is 3. The number of aliphatic hydroxyl groups is 1. The van der Waals surface area contributed by atoms with Crippen LogP contribution in [0.25, 0.3) is 0 Å². The van der Waals surface area contributed by atoms with E-state index >= 15 is 0 Å². The molecule has 0 saturated carbocycles. The van der Waals surface area contributed by atoms with Crippen molar-refractivity contribution >= 4 is 5.91 Å². The molecule has 0 aromatic carbocycles. The van der Waals surface area contributed by atoms with Gasteiger partial charge in [-0.3, -0.25) is 4.79 Å². The Labute approximate surface area is 115 Å². The van der Waals surface area contributed by atoms with Crippen molar-refractivity contribution < 1.29 is 14.3 Å². The Morgan fingerprint density at radius 3 is 3.20 bits per heavy atom. The normalized spacial score (nSPS) is 22.4. The summed E-state index contributed by atoms with van der Waals surface area (Å²) in [5.41, 5.74) is -0.0914. The first-order chi connectivity index (χ1) is 9.64. The van der Waals surface area contributed by atoms with Gasteiger partial charge in [-0.15, -0.1) is 0 Å². The third-order valence-electron chi connectivity index (χ3n) is 3.72. The molecular formula is C13H16N4O3. The number of β-amino-alcohol motifs (C(OH)–C–C–N with tert-alkyl or cyclic N) is 1. The molecule has 2 N–H and O–H groups in total. The van der Waals surface area contributed by atoms with Crippen LogP contribution in [0.1, 0.15) is 35.2 Å². The highest BCUT2D eigenvalue weighted by Crippen LogP contribution is 2.31. The van der Waals surface area contributed by atoms with Gasteiger partial charge in [0.1, 0.15) is 17.1 Å². The topological polar surface area (TPSA) is 95.3 Å². The number of furan rings is 1. The standard InChI is InChI=1S/C13H16N4O3/c1-2-10-9(3-6-20-10)12(18)17-5-4-13(19,8-17)11-7-14-16-15-11/h3,6-7,19H,2,4-5,8H2,1H3,(H,14,15,16)/t13-/m0/s1. The highest BCUT2D eigenvalue weighted by atomic mass is 16.3. The Balaban J connectivity index is 1.79. The van der Waals surface area contributed by atoms with Crippen LogP contribution in [0.3, 0.4) is 0 Å². The molecule has 0 spiro atoms. The summed E-state index contributed by atoms with van der Waals surface area (Å²) in [4.78, 5) is 14.1. The number of amides is 1. The van der Waals surface area contributed by atoms with Gasteiger partial charge in [0.15, 0.2) is 0 Å². The van der Waals surface area contributed by atoms with Crippen molar-refractivity contribution in [2.75, 3.05) is 13.1 Å². The second kappa shape index (κ2) is 4.75. The van der Waals surface area contributed by atoms with E-state index in [0.29, 0.717) is 36.4 Å². The number of nitrogens with one attached hydrogen (secondary N) is 1. The average molecular weight is 276 g/mol. The Hall–Kier alpha value is -2.15. The van der Waals surface area contributed by atoms with E-state index in [-0.39, 0.29) is 12.5 Å². The van der Waals surface area contributed by atoms with Crippen molar-refractivity contribution in [3.63, 3.8) is 0 Å². The third-order valence-corrected chi connectivity index (χ3v) is 3.72. The van der Waals surface area contributed by atoms with Crippen LogP contribution < -0.4 is 0 Å². The van der Waals surface area contributed by atoms with Gasteiger partial charge in [-0.25, -0.2) is 0 Å². The average Bonchev–Trinajstić information content (AvgIpc) is 3.18. The largest absolute Gasteiger partial charge is 0.469 e. The van der Waals surface area contributed by atoms with Crippen molar-refractivity contribution in [3.8, 4) is 0 Å². The van der Waals surface area contributed by atoms with Gasteiger partial charge in [0.05, 0.1) is 24.6 Å². The number of likely N-dealkylation sites (tertiary alicyclic amines) is 1. The molecule has 1 aliphatic heterocycles. The van der Waals surface area contributed by atoms with E-state index in [1.54, 1.807) is 11.0 Å². The molecule has 7 heteroatoms. The fraction of sp³-hybridized carbons (Fsp3) is 0.462. The zero-order valence-corrected chi connectivity index (χ0v) is 11.2. The first-order valence-corrected chi connectivity index (χ1v) is 6.58. The van der Waals surface area contributed by atoms with E-state index in [1.807, 2.05) is 6.92 Å². The van der Waals surface area contributed by atoms with Gasteiger partial charge in [0.2, 0.25) is 0 Å². The van der Waals surface area contributed by atoms with Crippen LogP contribution in [-0.4, -0.2) is 44.4 Å². The van der Waals surface area contributed by atoms with E-state index in [0.717, 1.165) is 0 Å². The number of nitrogens with zero attached hydrogens (tertiary/aromatic N) is 3. The van der Waals surface area contributed by atoms with Gasteiger partial charge in [0.25, 0.3) is 5.91 Å². The van der Waals surface area contributed by atoms with Gasteiger partial charge in [-0.2, -0.15) is 15.4 Å². The zero-order valence-electron chi connectivity index (χ0n) is 11.2. The molecule has 2 aromatic heterocycles. The maximum Gasteiger partial charge on any atom is 0.257 e. The number of aryl methyl sites for hydroxylation is 1. The lowest BCUT2D eigenvalue weighted by Gasteiger charge is -2.21. The predicted molar refractivity (Wildman–Crippen MR) is 68.9 cm³/mol. The van der Waals surface area contributed by atoms with Gasteiger partial charge >= 0.3 is 0 Å². The Bertz CT molecular complexity index is 607. The zero-order chi connectivity index (χ0) is 14.2. The molecule has 106 valence electrons. The number of hydrogen-bond donors (Lipinski definition) is 2. The number of hydrogen-bond acceptors (Lipinski definition) is 5. The van der Waals surface area contributed by atoms with Crippen LogP contribution in [0, 0.1) is 0 Å². The van der Waals surface area contributed by atoms with E-state index in [9.17, 15) is 9.90 Å². The Kier molecular flexibility index (Phi) is 3.06. The fourth-order valence-corrected chi connectivity index (χ4v) is 2.58. The lowest BCUT2D eigenvalue weighted by molar-refractivity contribution is 0.0381. The summed E-state index contributed by atoms with van der Waals surface area (Å²) in [7, 11) is 0. The van der Waals surface area contributed by atoms with E-state index in [1.165, 1.54) is 12.5 Å². The lowest BCUT2D eigenvalue weighted by atomic mass is 10.00. The van der Waals surface area contributed by atoms with Gasteiger partial charge in [0, 0.05) is 19.4 Å². The van der Waals surface area contributed by atoms with E-state index < -0.39 is 5.60 Å². The smallest absolute Gasteiger partial charge is 0.257 e. The predicted octanol–water partition coefficient (Wildman–Crippen LogP) is 0.694. The number of aromatic amines is 1. The number of carbonyl (C=O) groups excluding carboxylic acids is 1. The molecule has 1 amide bonds. The van der Waals surface area contributed by atoms with Crippen molar-refractivity contribution in [1.29, 1.82) is 0 Å². The summed E-state index contributed by atoms with van der Waals surface area (Å²) in [6.07, 6.45) is 4.12. The van der Waals surface area contributed by atoms with Crippen molar-refractivity contribution in [3.05, 3.63) is 35.5 Å². The molecule has 2 aromatic rings. The first kappa shape index (κ1) is 12.9. The van der Waals surface area contributed by atoms with Crippen molar-refractivity contribution in [2.45, 2.75) is 25.4 Å². The minimum Gasteiger partial charge on any atom is -0.469 e. The summed E-state index contributed by atoms with van der Waals surface area (Å²) >= 11 is 0. The second-order valence-corrected chi connectivity index (χ2v) is 4.97. The molecule has 1 saturated heterocycles. The quantitative estimate of drug-likeness (QED) is 0.860. The molecule has 7 nitrogen and oxygen atoms in total. The van der Waals surface area contributed by atoms with Crippen LogP contribution in [0.4, 0.5) is 0 Å². The number of aromatic nitrogens is 3. The summed E-state index contributed by atoms with van der Waals surface area (Å²) in [6.45, 7) is 2.63. The molecular weight excluding hydrogens is 260 g/mol. The molecule has 0 aliphatic carbocycles. The lowest BCUT2D eigenvalue weighted by Crippen LogP contribution is -2.34. The molecule has 0 bridgehead atoms. The maximum absolute atomic E-state index is 12.5. The Morgan fingerprint density at radius 1 is 1.65 bits per heavy atom. The molecule has 20 heavy (non-hydrogen) atoms. The van der Waals surface area contributed by atoms with Crippen LogP contribution in [-0.2, 0) is 12.0 Å². The molecule has 0 unspecified atom stereocenters. The number of carbonyl (C=O) groups is 1.